The van der Waals surface area contributed by atoms with E-state index in [0.717, 1.165) is 24.3 Å². The second-order valence-corrected chi connectivity index (χ2v) is 8.50. The predicted octanol–water partition coefficient (Wildman–Crippen LogP) is 2.74. The minimum Gasteiger partial charge on any atom is -0.444 e. The Labute approximate surface area is 160 Å². The van der Waals surface area contributed by atoms with Crippen LogP contribution in [0.2, 0.25) is 0 Å². The lowest BCUT2D eigenvalue weighted by molar-refractivity contribution is -0.117. The summed E-state index contributed by atoms with van der Waals surface area (Å²) < 4.78 is 7.37. The summed E-state index contributed by atoms with van der Waals surface area (Å²) in [5.74, 6) is 1.18. The molecule has 8 heteroatoms. The monoisotopic (exact) mass is 380 g/mol. The van der Waals surface area contributed by atoms with Gasteiger partial charge in [-0.2, -0.15) is 17.7 Å². The summed E-state index contributed by atoms with van der Waals surface area (Å²) in [7, 11) is 0. The highest BCUT2D eigenvalue weighted by Crippen LogP contribution is 2.28. The minimum atomic E-state index is -0.474. The van der Waals surface area contributed by atoms with Gasteiger partial charge in [0.15, 0.2) is 0 Å². The van der Waals surface area contributed by atoms with Crippen molar-refractivity contribution in [2.45, 2.75) is 51.7 Å². The Kier molecular flexibility index (Phi) is 5.50. The lowest BCUT2D eigenvalue weighted by Crippen LogP contribution is -2.42. The number of likely N-dealkylation sites (tertiary alicyclic amines) is 1. The maximum absolute atomic E-state index is 12.2. The van der Waals surface area contributed by atoms with Gasteiger partial charge < -0.3 is 14.5 Å². The Bertz CT molecular complexity index is 662. The highest BCUT2D eigenvalue weighted by atomic mass is 32.1. The first-order valence-corrected chi connectivity index (χ1v) is 9.83. The number of ether oxygens (including phenoxy) is 1. The average molecular weight is 381 g/mol. The maximum atomic E-state index is 12.2. The third kappa shape index (κ3) is 4.34. The van der Waals surface area contributed by atoms with E-state index in [1.807, 2.05) is 31.6 Å². The zero-order valence-electron chi connectivity index (χ0n) is 15.7. The number of hydrogen-bond acceptors (Lipinski definition) is 5. The Morgan fingerprint density at radius 1 is 1.35 bits per heavy atom. The summed E-state index contributed by atoms with van der Waals surface area (Å²) in [6, 6.07) is 0.237. The molecule has 3 rings (SSSR count). The van der Waals surface area contributed by atoms with Crippen LogP contribution in [0.3, 0.4) is 0 Å². The quantitative estimate of drug-likeness (QED) is 0.819. The molecule has 26 heavy (non-hydrogen) atoms. The van der Waals surface area contributed by atoms with Gasteiger partial charge in [0.2, 0.25) is 5.91 Å². The fourth-order valence-corrected chi connectivity index (χ4v) is 3.70. The molecule has 0 spiro atoms. The van der Waals surface area contributed by atoms with Crippen molar-refractivity contribution in [1.29, 1.82) is 0 Å². The van der Waals surface area contributed by atoms with Gasteiger partial charge in [0.1, 0.15) is 5.60 Å². The standard InChI is InChI=1S/C18H28N4O3S/c1-18(2,3)25-17(24)20-6-4-14(5-7-20)22-11-15(9-19-22)21-10-13(12-26)8-16(21)23/h9,11,13-14,26H,4-8,10,12H2,1-3H3. The van der Waals surface area contributed by atoms with Gasteiger partial charge in [-0.25, -0.2) is 4.79 Å². The lowest BCUT2D eigenvalue weighted by atomic mass is 10.1. The van der Waals surface area contributed by atoms with E-state index in [2.05, 4.69) is 17.7 Å². The number of aromatic nitrogens is 2. The molecule has 2 fully saturated rings. The largest absolute Gasteiger partial charge is 0.444 e. The van der Waals surface area contributed by atoms with Crippen LogP contribution in [0, 0.1) is 5.92 Å². The van der Waals surface area contributed by atoms with Crippen LogP contribution in [0.5, 0.6) is 0 Å². The first kappa shape index (κ1) is 19.1. The van der Waals surface area contributed by atoms with Crippen molar-refractivity contribution >= 4 is 30.3 Å². The first-order valence-electron chi connectivity index (χ1n) is 9.20. The number of piperidine rings is 1. The van der Waals surface area contributed by atoms with Gasteiger partial charge in [-0.3, -0.25) is 9.48 Å². The Balaban J connectivity index is 1.57. The normalized spacial score (nSPS) is 22.2. The molecule has 0 radical (unpaired) electrons. The highest BCUT2D eigenvalue weighted by molar-refractivity contribution is 7.80. The van der Waals surface area contributed by atoms with Gasteiger partial charge in [0.05, 0.1) is 17.9 Å². The summed E-state index contributed by atoms with van der Waals surface area (Å²) in [4.78, 5) is 27.9. The van der Waals surface area contributed by atoms with Crippen LogP contribution in [0.25, 0.3) is 0 Å². The molecule has 2 aliphatic rings. The molecule has 0 saturated carbocycles. The fraction of sp³-hybridized carbons (Fsp3) is 0.722. The van der Waals surface area contributed by atoms with Crippen LogP contribution in [-0.2, 0) is 9.53 Å². The Hall–Kier alpha value is -1.70. The van der Waals surface area contributed by atoms with Gasteiger partial charge in [-0.05, 0) is 45.3 Å². The molecule has 1 atom stereocenters. The van der Waals surface area contributed by atoms with Crippen LogP contribution in [0.1, 0.15) is 46.1 Å². The molecule has 144 valence electrons. The topological polar surface area (TPSA) is 67.7 Å². The molecular weight excluding hydrogens is 352 g/mol. The van der Waals surface area contributed by atoms with Crippen molar-refractivity contribution in [3.05, 3.63) is 12.4 Å². The molecule has 2 saturated heterocycles. The summed E-state index contributed by atoms with van der Waals surface area (Å²) in [5, 5.41) is 4.47. The van der Waals surface area contributed by atoms with Crippen molar-refractivity contribution in [3.8, 4) is 0 Å². The molecule has 7 nitrogen and oxygen atoms in total. The van der Waals surface area contributed by atoms with E-state index in [4.69, 9.17) is 4.74 Å². The molecule has 1 aromatic rings. The van der Waals surface area contributed by atoms with Crippen LogP contribution < -0.4 is 4.90 Å². The van der Waals surface area contributed by atoms with E-state index in [0.29, 0.717) is 32.0 Å². The van der Waals surface area contributed by atoms with Crippen molar-refractivity contribution in [3.63, 3.8) is 0 Å². The van der Waals surface area contributed by atoms with Crippen molar-refractivity contribution in [2.75, 3.05) is 30.3 Å². The highest BCUT2D eigenvalue weighted by Gasteiger charge is 2.32. The third-order valence-corrected chi connectivity index (χ3v) is 5.37. The number of thiol groups is 1. The second-order valence-electron chi connectivity index (χ2n) is 8.13. The molecule has 0 aliphatic carbocycles. The van der Waals surface area contributed by atoms with E-state index in [1.54, 1.807) is 16.0 Å². The van der Waals surface area contributed by atoms with Crippen molar-refractivity contribution in [1.82, 2.24) is 14.7 Å². The molecule has 0 aromatic carbocycles. The zero-order chi connectivity index (χ0) is 18.9. The molecule has 0 bridgehead atoms. The first-order chi connectivity index (χ1) is 12.3. The van der Waals surface area contributed by atoms with Gasteiger partial charge in [0, 0.05) is 32.3 Å². The fourth-order valence-electron chi connectivity index (χ4n) is 3.46. The van der Waals surface area contributed by atoms with Gasteiger partial charge in [-0.1, -0.05) is 0 Å². The number of anilines is 1. The van der Waals surface area contributed by atoms with E-state index >= 15 is 0 Å². The predicted molar refractivity (Wildman–Crippen MR) is 103 cm³/mol. The van der Waals surface area contributed by atoms with Crippen LogP contribution >= 0.6 is 12.6 Å². The zero-order valence-corrected chi connectivity index (χ0v) is 16.6. The second kappa shape index (κ2) is 7.50. The Morgan fingerprint density at radius 3 is 2.62 bits per heavy atom. The number of amides is 2. The molecular formula is C18H28N4O3S. The molecule has 1 unspecified atom stereocenters. The lowest BCUT2D eigenvalue weighted by Gasteiger charge is -2.33. The van der Waals surface area contributed by atoms with Gasteiger partial charge in [-0.15, -0.1) is 0 Å². The maximum Gasteiger partial charge on any atom is 0.410 e. The van der Waals surface area contributed by atoms with Crippen molar-refractivity contribution in [2.24, 2.45) is 5.92 Å². The number of hydrogen-bond donors (Lipinski definition) is 1. The minimum absolute atomic E-state index is 0.142. The van der Waals surface area contributed by atoms with Crippen LogP contribution in [0.15, 0.2) is 12.4 Å². The summed E-state index contributed by atoms with van der Waals surface area (Å²) >= 11 is 4.31. The van der Waals surface area contributed by atoms with E-state index in [9.17, 15) is 9.59 Å². The third-order valence-electron chi connectivity index (χ3n) is 4.85. The van der Waals surface area contributed by atoms with Gasteiger partial charge >= 0.3 is 6.09 Å². The summed E-state index contributed by atoms with van der Waals surface area (Å²) in [6.45, 7) is 7.64. The molecule has 3 heterocycles. The molecule has 0 N–H and O–H groups in total. The number of rotatable bonds is 3. The molecule has 2 amide bonds. The number of carbonyl (C=O) groups excluding carboxylic acids is 2. The number of carbonyl (C=O) groups is 2. The summed E-state index contributed by atoms with van der Waals surface area (Å²) in [6.07, 6.45) is 5.67. The average Bonchev–Trinajstić information content (AvgIpc) is 3.19. The SMILES string of the molecule is CC(C)(C)OC(=O)N1CCC(n2cc(N3CC(CS)CC3=O)cn2)CC1. The Morgan fingerprint density at radius 2 is 2.04 bits per heavy atom. The molecule has 2 aliphatic heterocycles. The van der Waals surface area contributed by atoms with E-state index in [-0.39, 0.29) is 18.0 Å². The molecule has 1 aromatic heterocycles. The van der Waals surface area contributed by atoms with Crippen LogP contribution in [0.4, 0.5) is 10.5 Å². The van der Waals surface area contributed by atoms with Crippen molar-refractivity contribution < 1.29 is 14.3 Å². The van der Waals surface area contributed by atoms with E-state index < -0.39 is 5.60 Å². The summed E-state index contributed by atoms with van der Waals surface area (Å²) in [5.41, 5.74) is 0.381. The smallest absolute Gasteiger partial charge is 0.410 e. The van der Waals surface area contributed by atoms with E-state index in [1.165, 1.54) is 0 Å². The van der Waals surface area contributed by atoms with Gasteiger partial charge in [0.25, 0.3) is 0 Å². The number of nitrogens with zero attached hydrogens (tertiary/aromatic N) is 4. The van der Waals surface area contributed by atoms with Crippen LogP contribution in [-0.4, -0.2) is 57.7 Å².